The molecule has 9 heteroatoms. The number of rotatable bonds is 6. The molecule has 6 nitrogen and oxygen atoms in total. The summed E-state index contributed by atoms with van der Waals surface area (Å²) in [5.74, 6) is -0.934. The first kappa shape index (κ1) is 18.0. The SMILES string of the molecule is CC(C)C1SCC(C(=O)O)N1C(=O)N(CCO)CC(F)F. The van der Waals surface area contributed by atoms with Crippen molar-refractivity contribution in [1.29, 1.82) is 0 Å². The average Bonchev–Trinajstić information content (AvgIpc) is 2.81. The summed E-state index contributed by atoms with van der Waals surface area (Å²) >= 11 is 1.33. The van der Waals surface area contributed by atoms with Crippen molar-refractivity contribution in [3.63, 3.8) is 0 Å². The molecule has 0 aromatic heterocycles. The molecular formula is C12H20F2N2O4S. The van der Waals surface area contributed by atoms with Crippen molar-refractivity contribution in [3.05, 3.63) is 0 Å². The summed E-state index contributed by atoms with van der Waals surface area (Å²) in [6.07, 6.45) is -2.74. The topological polar surface area (TPSA) is 81.1 Å². The number of nitrogens with zero attached hydrogens (tertiary/aromatic N) is 2. The largest absolute Gasteiger partial charge is 0.480 e. The molecule has 1 rings (SSSR count). The summed E-state index contributed by atoms with van der Waals surface area (Å²) in [5, 5.41) is 17.7. The van der Waals surface area contributed by atoms with E-state index in [1.54, 1.807) is 0 Å². The Labute approximate surface area is 126 Å². The van der Waals surface area contributed by atoms with Crippen LogP contribution >= 0.6 is 11.8 Å². The smallest absolute Gasteiger partial charge is 0.327 e. The van der Waals surface area contributed by atoms with Crippen molar-refractivity contribution in [2.45, 2.75) is 31.7 Å². The fourth-order valence-electron chi connectivity index (χ4n) is 2.19. The van der Waals surface area contributed by atoms with Crippen LogP contribution in [0, 0.1) is 5.92 Å². The van der Waals surface area contributed by atoms with Gasteiger partial charge in [0.05, 0.1) is 18.5 Å². The summed E-state index contributed by atoms with van der Waals surface area (Å²) in [5.41, 5.74) is 0. The molecule has 0 bridgehead atoms. The van der Waals surface area contributed by atoms with Crippen LogP contribution in [0.15, 0.2) is 0 Å². The highest BCUT2D eigenvalue weighted by molar-refractivity contribution is 8.00. The lowest BCUT2D eigenvalue weighted by molar-refractivity contribution is -0.141. The molecule has 0 aromatic carbocycles. The van der Waals surface area contributed by atoms with E-state index < -0.39 is 37.6 Å². The predicted octanol–water partition coefficient (Wildman–Crippen LogP) is 1.15. The molecule has 0 saturated carbocycles. The van der Waals surface area contributed by atoms with Crippen LogP contribution in [0.2, 0.25) is 0 Å². The molecule has 122 valence electrons. The number of aliphatic carboxylic acids is 1. The van der Waals surface area contributed by atoms with Crippen LogP contribution < -0.4 is 0 Å². The zero-order valence-corrected chi connectivity index (χ0v) is 12.7. The van der Waals surface area contributed by atoms with E-state index in [4.69, 9.17) is 5.11 Å². The number of carbonyl (C=O) groups excluding carboxylic acids is 1. The van der Waals surface area contributed by atoms with Gasteiger partial charge in [0.1, 0.15) is 6.04 Å². The first-order valence-electron chi connectivity index (χ1n) is 6.60. The van der Waals surface area contributed by atoms with Crippen LogP contribution in [0.5, 0.6) is 0 Å². The number of hydrogen-bond acceptors (Lipinski definition) is 4. The first-order valence-corrected chi connectivity index (χ1v) is 7.65. The van der Waals surface area contributed by atoms with Crippen LogP contribution in [0.4, 0.5) is 13.6 Å². The molecule has 0 aliphatic carbocycles. The van der Waals surface area contributed by atoms with E-state index in [9.17, 15) is 23.5 Å². The molecule has 1 heterocycles. The molecule has 2 atom stereocenters. The number of aliphatic hydroxyl groups is 1. The van der Waals surface area contributed by atoms with Crippen LogP contribution in [-0.4, -0.2) is 75.3 Å². The van der Waals surface area contributed by atoms with Gasteiger partial charge in [-0.1, -0.05) is 13.8 Å². The highest BCUT2D eigenvalue weighted by Crippen LogP contribution is 2.35. The van der Waals surface area contributed by atoms with Gasteiger partial charge in [-0.3, -0.25) is 4.90 Å². The number of alkyl halides is 2. The molecule has 2 N–H and O–H groups in total. The molecule has 1 aliphatic rings. The van der Waals surface area contributed by atoms with Crippen molar-refractivity contribution in [1.82, 2.24) is 9.80 Å². The zero-order chi connectivity index (χ0) is 16.2. The summed E-state index contributed by atoms with van der Waals surface area (Å²) in [4.78, 5) is 25.7. The van der Waals surface area contributed by atoms with E-state index in [0.717, 1.165) is 9.80 Å². The second kappa shape index (κ2) is 7.79. The quantitative estimate of drug-likeness (QED) is 0.765. The molecule has 1 saturated heterocycles. The first-order chi connectivity index (χ1) is 9.79. The standard InChI is InChI=1S/C12H20F2N2O4S/c1-7(2)10-16(8(6-21-10)11(18)19)12(20)15(3-4-17)5-9(13)14/h7-10,17H,3-6H2,1-2H3,(H,18,19). The third kappa shape index (κ3) is 4.44. The van der Waals surface area contributed by atoms with Crippen molar-refractivity contribution in [2.24, 2.45) is 5.92 Å². The Hall–Kier alpha value is -1.09. The Morgan fingerprint density at radius 1 is 1.43 bits per heavy atom. The third-order valence-electron chi connectivity index (χ3n) is 3.11. The summed E-state index contributed by atoms with van der Waals surface area (Å²) < 4.78 is 25.1. The number of halogens is 2. The third-order valence-corrected chi connectivity index (χ3v) is 4.73. The van der Waals surface area contributed by atoms with Gasteiger partial charge in [-0.15, -0.1) is 11.8 Å². The molecule has 0 radical (unpaired) electrons. The van der Waals surface area contributed by atoms with E-state index in [2.05, 4.69) is 0 Å². The van der Waals surface area contributed by atoms with E-state index in [1.807, 2.05) is 13.8 Å². The number of carboxylic acids is 1. The van der Waals surface area contributed by atoms with Gasteiger partial charge in [-0.25, -0.2) is 18.4 Å². The minimum absolute atomic E-state index is 0.00849. The molecule has 0 aromatic rings. The van der Waals surface area contributed by atoms with Crippen molar-refractivity contribution in [3.8, 4) is 0 Å². The van der Waals surface area contributed by atoms with E-state index >= 15 is 0 Å². The normalized spacial score (nSPS) is 22.1. The zero-order valence-electron chi connectivity index (χ0n) is 11.9. The van der Waals surface area contributed by atoms with Gasteiger partial charge in [-0.05, 0) is 5.92 Å². The average molecular weight is 326 g/mol. The van der Waals surface area contributed by atoms with Crippen LogP contribution in [-0.2, 0) is 4.79 Å². The van der Waals surface area contributed by atoms with Crippen molar-refractivity contribution >= 4 is 23.8 Å². The van der Waals surface area contributed by atoms with Gasteiger partial charge >= 0.3 is 12.0 Å². The molecule has 1 fully saturated rings. The van der Waals surface area contributed by atoms with Gasteiger partial charge in [-0.2, -0.15) is 0 Å². The number of thioether (sulfide) groups is 1. The van der Waals surface area contributed by atoms with E-state index in [1.165, 1.54) is 11.8 Å². The second-order valence-electron chi connectivity index (χ2n) is 5.07. The lowest BCUT2D eigenvalue weighted by Crippen LogP contribution is -2.54. The lowest BCUT2D eigenvalue weighted by Gasteiger charge is -2.34. The Morgan fingerprint density at radius 3 is 2.48 bits per heavy atom. The van der Waals surface area contributed by atoms with Crippen LogP contribution in [0.3, 0.4) is 0 Å². The predicted molar refractivity (Wildman–Crippen MR) is 74.4 cm³/mol. The minimum atomic E-state index is -2.74. The molecule has 0 spiro atoms. The van der Waals surface area contributed by atoms with Crippen LogP contribution in [0.25, 0.3) is 0 Å². The molecule has 2 unspecified atom stereocenters. The van der Waals surface area contributed by atoms with Gasteiger partial charge in [0.15, 0.2) is 0 Å². The summed E-state index contributed by atoms with van der Waals surface area (Å²) in [6, 6.07) is -1.80. The summed E-state index contributed by atoms with van der Waals surface area (Å²) in [6.45, 7) is 2.15. The minimum Gasteiger partial charge on any atom is -0.480 e. The maximum Gasteiger partial charge on any atom is 0.327 e. The Morgan fingerprint density at radius 2 is 2.05 bits per heavy atom. The fraction of sp³-hybridized carbons (Fsp3) is 0.833. The van der Waals surface area contributed by atoms with Gasteiger partial charge in [0.25, 0.3) is 6.43 Å². The Bertz CT molecular complexity index is 384. The Balaban J connectivity index is 2.97. The highest BCUT2D eigenvalue weighted by Gasteiger charge is 2.44. The van der Waals surface area contributed by atoms with Gasteiger partial charge in [0.2, 0.25) is 0 Å². The molecule has 1 aliphatic heterocycles. The number of carbonyl (C=O) groups is 2. The lowest BCUT2D eigenvalue weighted by atomic mass is 10.1. The Kier molecular flexibility index (Phi) is 6.66. The van der Waals surface area contributed by atoms with Crippen molar-refractivity contribution in [2.75, 3.05) is 25.4 Å². The number of amides is 2. The number of urea groups is 1. The fourth-order valence-corrected chi connectivity index (χ4v) is 3.65. The number of carboxylic acid groups (broad SMARTS) is 1. The molecule has 21 heavy (non-hydrogen) atoms. The van der Waals surface area contributed by atoms with Crippen LogP contribution in [0.1, 0.15) is 13.8 Å². The maximum absolute atomic E-state index is 12.6. The van der Waals surface area contributed by atoms with Gasteiger partial charge < -0.3 is 15.1 Å². The maximum atomic E-state index is 12.6. The second-order valence-corrected chi connectivity index (χ2v) is 6.22. The number of hydrogen-bond donors (Lipinski definition) is 2. The van der Waals surface area contributed by atoms with Crippen molar-refractivity contribution < 1.29 is 28.6 Å². The molecule has 2 amide bonds. The number of aliphatic hydroxyl groups excluding tert-OH is 1. The van der Waals surface area contributed by atoms with E-state index in [0.29, 0.717) is 0 Å². The summed E-state index contributed by atoms with van der Waals surface area (Å²) in [7, 11) is 0. The van der Waals surface area contributed by atoms with E-state index in [-0.39, 0.29) is 23.6 Å². The molecular weight excluding hydrogens is 306 g/mol. The monoisotopic (exact) mass is 326 g/mol. The highest BCUT2D eigenvalue weighted by atomic mass is 32.2. The van der Waals surface area contributed by atoms with Gasteiger partial charge in [0, 0.05) is 12.3 Å².